The maximum absolute atomic E-state index is 5.97. The highest BCUT2D eigenvalue weighted by molar-refractivity contribution is 5.84. The van der Waals surface area contributed by atoms with Crippen molar-refractivity contribution in [3.05, 3.63) is 12.0 Å². The fourth-order valence-corrected chi connectivity index (χ4v) is 2.07. The van der Waals surface area contributed by atoms with E-state index in [-0.39, 0.29) is 0 Å². The Labute approximate surface area is 123 Å². The monoisotopic (exact) mass is 294 g/mol. The zero-order valence-corrected chi connectivity index (χ0v) is 12.7. The van der Waals surface area contributed by atoms with Gasteiger partial charge in [0, 0.05) is 34.4 Å². The molecule has 0 aliphatic carbocycles. The third-order valence-electron chi connectivity index (χ3n) is 3.26. The normalized spacial score (nSPS) is 11.6. The first-order valence-electron chi connectivity index (χ1n) is 6.80. The summed E-state index contributed by atoms with van der Waals surface area (Å²) < 4.78 is 12.0. The predicted octanol–water partition coefficient (Wildman–Crippen LogP) is 0.0403. The van der Waals surface area contributed by atoms with Gasteiger partial charge in [-0.1, -0.05) is 0 Å². The highest BCUT2D eigenvalue weighted by atomic mass is 16.5. The first kappa shape index (κ1) is 15.6. The minimum atomic E-state index is 0.460. The molecule has 0 fully saturated rings. The SMILES string of the molecule is COCCN(CCOC)Cc1nc(N)c2cnn(C)c2n1. The van der Waals surface area contributed by atoms with Crippen molar-refractivity contribution in [2.75, 3.05) is 46.3 Å². The zero-order chi connectivity index (χ0) is 15.2. The summed E-state index contributed by atoms with van der Waals surface area (Å²) in [6.07, 6.45) is 1.68. The molecular weight excluding hydrogens is 272 g/mol. The largest absolute Gasteiger partial charge is 0.383 e. The molecule has 0 atom stereocenters. The number of ether oxygens (including phenoxy) is 2. The summed E-state index contributed by atoms with van der Waals surface area (Å²) in [5, 5.41) is 4.94. The average molecular weight is 294 g/mol. The molecule has 2 aromatic rings. The molecule has 21 heavy (non-hydrogen) atoms. The molecule has 0 saturated carbocycles. The van der Waals surface area contributed by atoms with Gasteiger partial charge in [0.05, 0.1) is 31.3 Å². The quantitative estimate of drug-likeness (QED) is 0.735. The number of rotatable bonds is 8. The number of nitrogen functional groups attached to an aromatic ring is 1. The number of anilines is 1. The molecule has 0 radical (unpaired) electrons. The summed E-state index contributed by atoms with van der Waals surface area (Å²) >= 11 is 0. The predicted molar refractivity (Wildman–Crippen MR) is 79.7 cm³/mol. The maximum Gasteiger partial charge on any atom is 0.163 e. The number of hydrogen-bond acceptors (Lipinski definition) is 7. The van der Waals surface area contributed by atoms with E-state index >= 15 is 0 Å². The highest BCUT2D eigenvalue weighted by Gasteiger charge is 2.12. The number of methoxy groups -OCH3 is 2. The van der Waals surface area contributed by atoms with E-state index in [0.29, 0.717) is 31.4 Å². The molecule has 2 aromatic heterocycles. The summed E-state index contributed by atoms with van der Waals surface area (Å²) in [6, 6.07) is 0. The van der Waals surface area contributed by atoms with Gasteiger partial charge in [-0.25, -0.2) is 9.97 Å². The minimum Gasteiger partial charge on any atom is -0.383 e. The lowest BCUT2D eigenvalue weighted by molar-refractivity contribution is 0.109. The van der Waals surface area contributed by atoms with E-state index < -0.39 is 0 Å². The number of aryl methyl sites for hydroxylation is 1. The summed E-state index contributed by atoms with van der Waals surface area (Å²) in [4.78, 5) is 11.1. The number of hydrogen-bond donors (Lipinski definition) is 1. The van der Waals surface area contributed by atoms with Crippen molar-refractivity contribution in [1.82, 2.24) is 24.6 Å². The highest BCUT2D eigenvalue weighted by Crippen LogP contribution is 2.16. The second-order valence-electron chi connectivity index (χ2n) is 4.79. The molecule has 0 spiro atoms. The second-order valence-corrected chi connectivity index (χ2v) is 4.79. The molecule has 2 heterocycles. The number of aromatic nitrogens is 4. The summed E-state index contributed by atoms with van der Waals surface area (Å²) in [7, 11) is 5.21. The van der Waals surface area contributed by atoms with Gasteiger partial charge >= 0.3 is 0 Å². The van der Waals surface area contributed by atoms with Crippen LogP contribution >= 0.6 is 0 Å². The Morgan fingerprint density at radius 3 is 2.48 bits per heavy atom. The zero-order valence-electron chi connectivity index (χ0n) is 12.7. The van der Waals surface area contributed by atoms with Gasteiger partial charge < -0.3 is 15.2 Å². The van der Waals surface area contributed by atoms with Crippen LogP contribution in [0.15, 0.2) is 6.20 Å². The van der Waals surface area contributed by atoms with Crippen molar-refractivity contribution < 1.29 is 9.47 Å². The fraction of sp³-hybridized carbons (Fsp3) is 0.615. The minimum absolute atomic E-state index is 0.460. The summed E-state index contributed by atoms with van der Waals surface area (Å²) in [5.41, 5.74) is 6.72. The van der Waals surface area contributed by atoms with E-state index in [1.807, 2.05) is 7.05 Å². The van der Waals surface area contributed by atoms with Crippen LogP contribution in [0.25, 0.3) is 11.0 Å². The van der Waals surface area contributed by atoms with Gasteiger partial charge in [-0.2, -0.15) is 5.10 Å². The topological polar surface area (TPSA) is 91.3 Å². The van der Waals surface area contributed by atoms with E-state index in [0.717, 1.165) is 24.1 Å². The molecule has 2 rings (SSSR count). The third-order valence-corrected chi connectivity index (χ3v) is 3.26. The molecule has 8 heteroatoms. The molecule has 2 N–H and O–H groups in total. The van der Waals surface area contributed by atoms with Crippen LogP contribution in [-0.4, -0.2) is 65.2 Å². The average Bonchev–Trinajstić information content (AvgIpc) is 2.84. The maximum atomic E-state index is 5.97. The van der Waals surface area contributed by atoms with E-state index in [4.69, 9.17) is 15.2 Å². The van der Waals surface area contributed by atoms with Crippen molar-refractivity contribution in [2.45, 2.75) is 6.54 Å². The van der Waals surface area contributed by atoms with E-state index in [9.17, 15) is 0 Å². The second kappa shape index (κ2) is 7.30. The van der Waals surface area contributed by atoms with E-state index in [2.05, 4.69) is 20.0 Å². The van der Waals surface area contributed by atoms with Crippen molar-refractivity contribution >= 4 is 16.9 Å². The number of fused-ring (bicyclic) bond motifs is 1. The molecule has 0 bridgehead atoms. The van der Waals surface area contributed by atoms with E-state index in [1.165, 1.54) is 0 Å². The van der Waals surface area contributed by atoms with E-state index in [1.54, 1.807) is 25.1 Å². The third kappa shape index (κ3) is 3.87. The van der Waals surface area contributed by atoms with Gasteiger partial charge in [-0.3, -0.25) is 9.58 Å². The first-order valence-corrected chi connectivity index (χ1v) is 6.80. The molecule has 0 unspecified atom stereocenters. The lowest BCUT2D eigenvalue weighted by atomic mass is 10.3. The molecule has 8 nitrogen and oxygen atoms in total. The molecule has 0 aliphatic rings. The van der Waals surface area contributed by atoms with Gasteiger partial charge in [-0.05, 0) is 0 Å². The van der Waals surface area contributed by atoms with Gasteiger partial charge in [-0.15, -0.1) is 0 Å². The van der Waals surface area contributed by atoms with Crippen LogP contribution in [0.2, 0.25) is 0 Å². The molecule has 0 aromatic carbocycles. The standard InChI is InChI=1S/C13H22N6O2/c1-18-13-10(8-15-18)12(14)16-11(17-13)9-19(4-6-20-2)5-7-21-3/h8H,4-7,9H2,1-3H3,(H2,14,16,17). The Morgan fingerprint density at radius 2 is 1.86 bits per heavy atom. The lowest BCUT2D eigenvalue weighted by Crippen LogP contribution is -2.31. The molecular formula is C13H22N6O2. The Kier molecular flexibility index (Phi) is 5.43. The molecule has 116 valence electrons. The Hall–Kier alpha value is -1.77. The fourth-order valence-electron chi connectivity index (χ4n) is 2.07. The van der Waals surface area contributed by atoms with Gasteiger partial charge in [0.2, 0.25) is 0 Å². The van der Waals surface area contributed by atoms with Crippen LogP contribution < -0.4 is 5.73 Å². The Bertz CT molecular complexity index is 577. The smallest absolute Gasteiger partial charge is 0.163 e. The Morgan fingerprint density at radius 1 is 1.19 bits per heavy atom. The number of nitrogens with two attached hydrogens (primary N) is 1. The van der Waals surface area contributed by atoms with Crippen molar-refractivity contribution in [3.63, 3.8) is 0 Å². The van der Waals surface area contributed by atoms with Gasteiger partial charge in [0.15, 0.2) is 5.65 Å². The number of nitrogens with zero attached hydrogens (tertiary/aromatic N) is 5. The van der Waals surface area contributed by atoms with Crippen LogP contribution in [0.3, 0.4) is 0 Å². The molecule has 0 aliphatic heterocycles. The Balaban J connectivity index is 2.16. The molecule has 0 amide bonds. The lowest BCUT2D eigenvalue weighted by Gasteiger charge is -2.20. The van der Waals surface area contributed by atoms with Gasteiger partial charge in [0.1, 0.15) is 11.6 Å². The van der Waals surface area contributed by atoms with Crippen molar-refractivity contribution in [2.24, 2.45) is 7.05 Å². The van der Waals surface area contributed by atoms with Crippen LogP contribution in [0.5, 0.6) is 0 Å². The first-order chi connectivity index (χ1) is 10.2. The summed E-state index contributed by atoms with van der Waals surface area (Å²) in [6.45, 7) is 3.46. The van der Waals surface area contributed by atoms with Crippen molar-refractivity contribution in [3.8, 4) is 0 Å². The van der Waals surface area contributed by atoms with Crippen LogP contribution in [0.4, 0.5) is 5.82 Å². The molecule has 0 saturated heterocycles. The van der Waals surface area contributed by atoms with Crippen molar-refractivity contribution in [1.29, 1.82) is 0 Å². The summed E-state index contributed by atoms with van der Waals surface area (Å²) in [5.74, 6) is 1.14. The van der Waals surface area contributed by atoms with Gasteiger partial charge in [0.25, 0.3) is 0 Å². The van der Waals surface area contributed by atoms with Crippen LogP contribution in [0.1, 0.15) is 5.82 Å². The van der Waals surface area contributed by atoms with Crippen LogP contribution in [0, 0.1) is 0 Å². The van der Waals surface area contributed by atoms with Crippen LogP contribution in [-0.2, 0) is 23.1 Å².